The highest BCUT2D eigenvalue weighted by atomic mass is 127. The van der Waals surface area contributed by atoms with E-state index in [-0.39, 0.29) is 0 Å². The van der Waals surface area contributed by atoms with Crippen LogP contribution in [-0.2, 0) is 3.07 Å². The van der Waals surface area contributed by atoms with Crippen LogP contribution in [-0.4, -0.2) is 12.4 Å². The molecule has 8 heavy (non-hydrogen) atoms. The van der Waals surface area contributed by atoms with Gasteiger partial charge in [-0.2, -0.15) is 0 Å². The van der Waals surface area contributed by atoms with Gasteiger partial charge in [0.05, 0.1) is 6.54 Å². The molecule has 0 amide bonds. The Morgan fingerprint density at radius 2 is 2.62 bits per heavy atom. The highest BCUT2D eigenvalue weighted by Crippen LogP contribution is 1.88. The molecule has 0 saturated heterocycles. The molecule has 0 atom stereocenters. The van der Waals surface area contributed by atoms with Crippen LogP contribution in [0.25, 0.3) is 0 Å². The zero-order valence-electron chi connectivity index (χ0n) is 4.30. The Morgan fingerprint density at radius 3 is 2.75 bits per heavy atom. The first-order valence-electron chi connectivity index (χ1n) is 2.01. The van der Waals surface area contributed by atoms with E-state index in [2.05, 4.69) is 14.6 Å². The van der Waals surface area contributed by atoms with E-state index in [0.29, 0.717) is 12.4 Å². The zero-order chi connectivity index (χ0) is 6.41. The first kappa shape index (κ1) is 7.90. The average molecular weight is 226 g/mol. The Labute approximate surface area is 62.3 Å². The molecule has 0 heterocycles. The monoisotopic (exact) mass is 226 g/mol. The van der Waals surface area contributed by atoms with Crippen molar-refractivity contribution in [2.45, 2.75) is 0 Å². The number of hydrogen-bond donors (Lipinski definition) is 1. The molecule has 0 aliphatic heterocycles. The fourth-order valence-electron chi connectivity index (χ4n) is 0.206. The molecule has 0 saturated carbocycles. The van der Waals surface area contributed by atoms with Crippen molar-refractivity contribution >= 4 is 28.9 Å². The summed E-state index contributed by atoms with van der Waals surface area (Å²) in [4.78, 5) is 3.69. The Balaban J connectivity index is 3.66. The van der Waals surface area contributed by atoms with Crippen LogP contribution >= 0.6 is 23.0 Å². The number of rotatable bonds is 2. The summed E-state index contributed by atoms with van der Waals surface area (Å²) in [6, 6.07) is 0. The van der Waals surface area contributed by atoms with Crippen LogP contribution < -0.4 is 5.73 Å². The van der Waals surface area contributed by atoms with Gasteiger partial charge >= 0.3 is 0 Å². The van der Waals surface area contributed by atoms with Gasteiger partial charge in [0.15, 0.2) is 23.0 Å². The summed E-state index contributed by atoms with van der Waals surface area (Å²) < 4.78 is 4.66. The van der Waals surface area contributed by atoms with Gasteiger partial charge in [-0.25, -0.2) is 4.99 Å². The van der Waals surface area contributed by atoms with Crippen molar-refractivity contribution in [1.29, 1.82) is 0 Å². The minimum Gasteiger partial charge on any atom is -0.411 e. The molecular formula is C4H7IN2O. The van der Waals surface area contributed by atoms with Gasteiger partial charge in [-0.05, 0) is 0 Å². The van der Waals surface area contributed by atoms with Gasteiger partial charge in [0.1, 0.15) is 0 Å². The Hall–Kier alpha value is -0.100. The number of halogens is 1. The largest absolute Gasteiger partial charge is 0.411 e. The zero-order valence-corrected chi connectivity index (χ0v) is 6.46. The van der Waals surface area contributed by atoms with Crippen LogP contribution in [0.15, 0.2) is 17.8 Å². The smallest absolute Gasteiger partial charge is 0.213 e. The lowest BCUT2D eigenvalue weighted by Gasteiger charge is -1.92. The molecule has 3 nitrogen and oxygen atoms in total. The normalized spacial score (nSPS) is 11.0. The van der Waals surface area contributed by atoms with Gasteiger partial charge in [-0.15, -0.1) is 0 Å². The lowest BCUT2D eigenvalue weighted by Crippen LogP contribution is -2.12. The first-order valence-corrected chi connectivity index (χ1v) is 2.89. The maximum Gasteiger partial charge on any atom is 0.213 e. The quantitative estimate of drug-likeness (QED) is 0.431. The van der Waals surface area contributed by atoms with Gasteiger partial charge in [0.2, 0.25) is 5.90 Å². The standard InChI is InChI=1S/C4H7IN2O/c1-2-7-4(3-6)8-5/h2H,1,3,6H2. The summed E-state index contributed by atoms with van der Waals surface area (Å²) in [5.74, 6) is 0.487. The summed E-state index contributed by atoms with van der Waals surface area (Å²) >= 11 is 1.71. The van der Waals surface area contributed by atoms with E-state index < -0.39 is 0 Å². The molecule has 0 aliphatic carbocycles. The SMILES string of the molecule is C=CN=C(CN)OI. The van der Waals surface area contributed by atoms with Crippen molar-refractivity contribution < 1.29 is 3.07 Å². The molecule has 0 aliphatic rings. The summed E-state index contributed by atoms with van der Waals surface area (Å²) in [7, 11) is 0. The predicted molar refractivity (Wildman–Crippen MR) is 41.8 cm³/mol. The lowest BCUT2D eigenvalue weighted by molar-refractivity contribution is 0.701. The molecule has 2 N–H and O–H groups in total. The molecule has 0 aromatic rings. The van der Waals surface area contributed by atoms with E-state index in [1.54, 1.807) is 23.0 Å². The maximum absolute atomic E-state index is 5.16. The van der Waals surface area contributed by atoms with E-state index in [0.717, 1.165) is 0 Å². The third kappa shape index (κ3) is 2.98. The van der Waals surface area contributed by atoms with Crippen LogP contribution in [0.4, 0.5) is 0 Å². The Kier molecular flexibility index (Phi) is 4.98. The highest BCUT2D eigenvalue weighted by molar-refractivity contribution is 14.1. The molecular weight excluding hydrogens is 219 g/mol. The second kappa shape index (κ2) is 5.04. The van der Waals surface area contributed by atoms with Crippen LogP contribution in [0, 0.1) is 0 Å². The van der Waals surface area contributed by atoms with Gasteiger partial charge in [0, 0.05) is 6.20 Å². The third-order valence-electron chi connectivity index (χ3n) is 0.499. The van der Waals surface area contributed by atoms with Crippen LogP contribution in [0.3, 0.4) is 0 Å². The molecule has 0 fully saturated rings. The van der Waals surface area contributed by atoms with Crippen molar-refractivity contribution in [3.8, 4) is 0 Å². The lowest BCUT2D eigenvalue weighted by atomic mass is 10.7. The van der Waals surface area contributed by atoms with Crippen molar-refractivity contribution in [1.82, 2.24) is 0 Å². The van der Waals surface area contributed by atoms with E-state index in [1.807, 2.05) is 0 Å². The van der Waals surface area contributed by atoms with Crippen molar-refractivity contribution in [3.05, 3.63) is 12.8 Å². The van der Waals surface area contributed by atoms with E-state index in [1.165, 1.54) is 6.20 Å². The molecule has 0 spiro atoms. The minimum atomic E-state index is 0.314. The van der Waals surface area contributed by atoms with E-state index in [4.69, 9.17) is 5.73 Å². The van der Waals surface area contributed by atoms with Crippen molar-refractivity contribution in [3.63, 3.8) is 0 Å². The average Bonchev–Trinajstić information content (AvgIpc) is 1.83. The fourth-order valence-corrected chi connectivity index (χ4v) is 0.499. The minimum absolute atomic E-state index is 0.314. The summed E-state index contributed by atoms with van der Waals surface area (Å²) in [5.41, 5.74) is 5.16. The van der Waals surface area contributed by atoms with Gasteiger partial charge in [0.25, 0.3) is 0 Å². The van der Waals surface area contributed by atoms with Crippen LogP contribution in [0.1, 0.15) is 0 Å². The molecule has 0 aromatic carbocycles. The molecule has 46 valence electrons. The molecule has 0 bridgehead atoms. The number of nitrogens with zero attached hydrogens (tertiary/aromatic N) is 1. The Morgan fingerprint density at radius 1 is 2.00 bits per heavy atom. The molecule has 0 radical (unpaired) electrons. The maximum atomic E-state index is 5.16. The van der Waals surface area contributed by atoms with Crippen LogP contribution in [0.2, 0.25) is 0 Å². The molecule has 4 heteroatoms. The molecule has 0 rings (SSSR count). The van der Waals surface area contributed by atoms with E-state index >= 15 is 0 Å². The fraction of sp³-hybridized carbons (Fsp3) is 0.250. The third-order valence-corrected chi connectivity index (χ3v) is 1.01. The highest BCUT2D eigenvalue weighted by Gasteiger charge is 1.88. The number of hydrogen-bond acceptors (Lipinski definition) is 3. The molecule has 0 unspecified atom stereocenters. The van der Waals surface area contributed by atoms with Crippen molar-refractivity contribution in [2.24, 2.45) is 10.7 Å². The van der Waals surface area contributed by atoms with E-state index in [9.17, 15) is 0 Å². The van der Waals surface area contributed by atoms with Gasteiger partial charge in [-0.3, -0.25) is 0 Å². The van der Waals surface area contributed by atoms with Gasteiger partial charge in [-0.1, -0.05) is 6.58 Å². The van der Waals surface area contributed by atoms with Crippen molar-refractivity contribution in [2.75, 3.05) is 6.54 Å². The number of aliphatic imine (C=N–C) groups is 1. The van der Waals surface area contributed by atoms with Crippen LogP contribution in [0.5, 0.6) is 0 Å². The second-order valence-corrected chi connectivity index (χ2v) is 1.43. The van der Waals surface area contributed by atoms with Gasteiger partial charge < -0.3 is 8.80 Å². The summed E-state index contributed by atoms with van der Waals surface area (Å²) in [6.07, 6.45) is 1.39. The summed E-state index contributed by atoms with van der Waals surface area (Å²) in [6.45, 7) is 3.68. The second-order valence-electron chi connectivity index (χ2n) is 0.987. The molecule has 0 aromatic heterocycles. The predicted octanol–water partition coefficient (Wildman–Crippen LogP) is 0.854. The summed E-state index contributed by atoms with van der Waals surface area (Å²) in [5, 5.41) is 0. The Bertz CT molecular complexity index is 96.2. The topological polar surface area (TPSA) is 47.6 Å². The number of nitrogens with two attached hydrogens (primary N) is 1. The first-order chi connectivity index (χ1) is 3.85.